The Hall–Kier alpha value is -3.13. The van der Waals surface area contributed by atoms with Crippen molar-refractivity contribution in [3.8, 4) is 11.3 Å². The quantitative estimate of drug-likeness (QED) is 0.286. The molecular weight excluding hydrogens is 459 g/mol. The fourth-order valence-corrected chi connectivity index (χ4v) is 3.17. The second kappa shape index (κ2) is 10.3. The molecule has 31 heavy (non-hydrogen) atoms. The minimum Gasteiger partial charge on any atom is -0.465 e. The molecule has 0 saturated carbocycles. The van der Waals surface area contributed by atoms with Crippen molar-refractivity contribution in [3.05, 3.63) is 82.0 Å². The molecule has 9 heteroatoms. The number of esters is 1. The number of thiocarbonyl (C=S) groups is 1. The lowest BCUT2D eigenvalue weighted by Gasteiger charge is -2.08. The predicted octanol–water partition coefficient (Wildman–Crippen LogP) is 5.57. The molecule has 0 fully saturated rings. The molecular formula is C22H16Cl2N2O4S. The number of rotatable bonds is 5. The first kappa shape index (κ1) is 22.6. The summed E-state index contributed by atoms with van der Waals surface area (Å²) in [4.78, 5) is 23.5. The summed E-state index contributed by atoms with van der Waals surface area (Å²) in [6.45, 7) is 0. The van der Waals surface area contributed by atoms with Gasteiger partial charge >= 0.3 is 5.97 Å². The minimum atomic E-state index is -0.442. The first-order valence-corrected chi connectivity index (χ1v) is 10.1. The predicted molar refractivity (Wildman–Crippen MR) is 125 cm³/mol. The third kappa shape index (κ3) is 5.95. The van der Waals surface area contributed by atoms with Crippen LogP contribution in [0.15, 0.2) is 65.1 Å². The maximum atomic E-state index is 12.1. The molecule has 0 unspecified atom stereocenters. The van der Waals surface area contributed by atoms with Crippen LogP contribution < -0.4 is 10.6 Å². The lowest BCUT2D eigenvalue weighted by molar-refractivity contribution is -0.115. The molecule has 0 aliphatic heterocycles. The SMILES string of the molecule is COC(=O)c1ccc(NC(=S)NC(=O)C=Cc2ccc(-c3cccc(Cl)c3Cl)o2)cc1. The summed E-state index contributed by atoms with van der Waals surface area (Å²) >= 11 is 17.4. The number of carbonyl (C=O) groups is 2. The van der Waals surface area contributed by atoms with Crippen LogP contribution in [0.4, 0.5) is 5.69 Å². The lowest BCUT2D eigenvalue weighted by Crippen LogP contribution is -2.32. The van der Waals surface area contributed by atoms with Gasteiger partial charge in [-0.05, 0) is 66.8 Å². The van der Waals surface area contributed by atoms with E-state index < -0.39 is 11.9 Å². The average molecular weight is 475 g/mol. The Balaban J connectivity index is 1.57. The standard InChI is InChI=1S/C22H16Cl2N2O4S/c1-29-21(28)13-5-7-14(8-6-13)25-22(31)26-19(27)12-10-15-9-11-18(30-15)16-3-2-4-17(23)20(16)24/h2-12H,1H3,(H2,25,26,27,31). The molecule has 158 valence electrons. The molecule has 0 aliphatic carbocycles. The molecule has 3 aromatic rings. The van der Waals surface area contributed by atoms with Crippen molar-refractivity contribution in [1.29, 1.82) is 0 Å². The Kier molecular flexibility index (Phi) is 7.46. The zero-order valence-electron chi connectivity index (χ0n) is 16.1. The summed E-state index contributed by atoms with van der Waals surface area (Å²) in [6, 6.07) is 15.1. The number of methoxy groups -OCH3 is 1. The number of furan rings is 1. The second-order valence-corrected chi connectivity index (χ2v) is 7.34. The summed E-state index contributed by atoms with van der Waals surface area (Å²) < 4.78 is 10.3. The molecule has 1 amide bonds. The number of benzene rings is 2. The molecule has 0 radical (unpaired) electrons. The van der Waals surface area contributed by atoms with Crippen molar-refractivity contribution in [3.63, 3.8) is 0 Å². The van der Waals surface area contributed by atoms with Crippen molar-refractivity contribution in [2.45, 2.75) is 0 Å². The highest BCUT2D eigenvalue weighted by Crippen LogP contribution is 2.34. The fourth-order valence-electron chi connectivity index (χ4n) is 2.56. The number of nitrogens with one attached hydrogen (secondary N) is 2. The van der Waals surface area contributed by atoms with Crippen LogP contribution in [0.2, 0.25) is 10.0 Å². The van der Waals surface area contributed by atoms with Crippen LogP contribution in [-0.4, -0.2) is 24.1 Å². The minimum absolute atomic E-state index is 0.103. The molecule has 2 N–H and O–H groups in total. The summed E-state index contributed by atoms with van der Waals surface area (Å²) in [5.74, 6) is 0.104. The monoisotopic (exact) mass is 474 g/mol. The molecule has 0 atom stereocenters. The van der Waals surface area contributed by atoms with Gasteiger partial charge in [-0.1, -0.05) is 29.3 Å². The first-order valence-electron chi connectivity index (χ1n) is 8.90. The van der Waals surface area contributed by atoms with Gasteiger partial charge in [-0.3, -0.25) is 10.1 Å². The Morgan fingerprint density at radius 3 is 2.52 bits per heavy atom. The van der Waals surface area contributed by atoms with Gasteiger partial charge in [0, 0.05) is 17.3 Å². The van der Waals surface area contributed by atoms with Crippen LogP contribution in [0.1, 0.15) is 16.1 Å². The third-order valence-electron chi connectivity index (χ3n) is 4.04. The summed E-state index contributed by atoms with van der Waals surface area (Å²) in [5, 5.41) is 6.30. The van der Waals surface area contributed by atoms with Crippen LogP contribution >= 0.6 is 35.4 Å². The number of hydrogen-bond donors (Lipinski definition) is 2. The van der Waals surface area contributed by atoms with E-state index >= 15 is 0 Å². The Morgan fingerprint density at radius 2 is 1.81 bits per heavy atom. The first-order chi connectivity index (χ1) is 14.9. The zero-order chi connectivity index (χ0) is 22.4. The van der Waals surface area contributed by atoms with Crippen molar-refractivity contribution >= 4 is 64.2 Å². The van der Waals surface area contributed by atoms with E-state index in [1.807, 2.05) is 0 Å². The molecule has 0 saturated heterocycles. The Labute approximate surface area is 193 Å². The number of anilines is 1. The number of halogens is 2. The van der Waals surface area contributed by atoms with E-state index in [4.69, 9.17) is 39.8 Å². The van der Waals surface area contributed by atoms with Gasteiger partial charge in [0.15, 0.2) is 5.11 Å². The van der Waals surface area contributed by atoms with E-state index in [9.17, 15) is 9.59 Å². The molecule has 2 aromatic carbocycles. The van der Waals surface area contributed by atoms with Gasteiger partial charge in [-0.25, -0.2) is 4.79 Å². The van der Waals surface area contributed by atoms with Gasteiger partial charge in [0.25, 0.3) is 0 Å². The van der Waals surface area contributed by atoms with Crippen molar-refractivity contribution in [2.75, 3.05) is 12.4 Å². The van der Waals surface area contributed by atoms with Gasteiger partial charge in [-0.2, -0.15) is 0 Å². The van der Waals surface area contributed by atoms with Gasteiger partial charge in [-0.15, -0.1) is 0 Å². The molecule has 1 heterocycles. The third-order valence-corrected chi connectivity index (χ3v) is 5.07. The zero-order valence-corrected chi connectivity index (χ0v) is 18.5. The van der Waals surface area contributed by atoms with Gasteiger partial charge < -0.3 is 14.5 Å². The second-order valence-electron chi connectivity index (χ2n) is 6.15. The normalized spacial score (nSPS) is 10.7. The maximum absolute atomic E-state index is 12.1. The number of ether oxygens (including phenoxy) is 1. The number of amides is 1. The summed E-state index contributed by atoms with van der Waals surface area (Å²) in [5.41, 5.74) is 1.67. The van der Waals surface area contributed by atoms with Crippen LogP contribution in [-0.2, 0) is 9.53 Å². The molecule has 1 aromatic heterocycles. The smallest absolute Gasteiger partial charge is 0.337 e. The van der Waals surface area contributed by atoms with Crippen molar-refractivity contribution in [1.82, 2.24) is 5.32 Å². The lowest BCUT2D eigenvalue weighted by atomic mass is 10.2. The topological polar surface area (TPSA) is 80.6 Å². The van der Waals surface area contributed by atoms with E-state index in [0.29, 0.717) is 38.4 Å². The van der Waals surface area contributed by atoms with Crippen LogP contribution in [0.5, 0.6) is 0 Å². The van der Waals surface area contributed by atoms with E-state index in [-0.39, 0.29) is 5.11 Å². The van der Waals surface area contributed by atoms with E-state index in [0.717, 1.165) is 0 Å². The van der Waals surface area contributed by atoms with Crippen molar-refractivity contribution < 1.29 is 18.7 Å². The Morgan fingerprint density at radius 1 is 1.06 bits per heavy atom. The van der Waals surface area contributed by atoms with Crippen LogP contribution in [0, 0.1) is 0 Å². The molecule has 0 bridgehead atoms. The molecule has 0 aliphatic rings. The van der Waals surface area contributed by atoms with Gasteiger partial charge in [0.05, 0.1) is 22.7 Å². The van der Waals surface area contributed by atoms with Crippen molar-refractivity contribution in [2.24, 2.45) is 0 Å². The average Bonchev–Trinajstić information content (AvgIpc) is 3.23. The van der Waals surface area contributed by atoms with Crippen LogP contribution in [0.3, 0.4) is 0 Å². The highest BCUT2D eigenvalue weighted by Gasteiger charge is 2.10. The molecule has 0 spiro atoms. The molecule has 3 rings (SSSR count). The summed E-state index contributed by atoms with van der Waals surface area (Å²) in [6.07, 6.45) is 2.79. The van der Waals surface area contributed by atoms with E-state index in [1.165, 1.54) is 19.3 Å². The summed E-state index contributed by atoms with van der Waals surface area (Å²) in [7, 11) is 1.31. The Bertz CT molecular complexity index is 1160. The fraction of sp³-hybridized carbons (Fsp3) is 0.0455. The number of hydrogen-bond acceptors (Lipinski definition) is 5. The van der Waals surface area contributed by atoms with E-state index in [1.54, 1.807) is 54.6 Å². The highest BCUT2D eigenvalue weighted by molar-refractivity contribution is 7.80. The maximum Gasteiger partial charge on any atom is 0.337 e. The number of carbonyl (C=O) groups excluding carboxylic acids is 2. The molecule has 6 nitrogen and oxygen atoms in total. The van der Waals surface area contributed by atoms with Gasteiger partial charge in [0.2, 0.25) is 5.91 Å². The highest BCUT2D eigenvalue weighted by atomic mass is 35.5. The van der Waals surface area contributed by atoms with E-state index in [2.05, 4.69) is 15.4 Å². The van der Waals surface area contributed by atoms with Gasteiger partial charge in [0.1, 0.15) is 11.5 Å². The van der Waals surface area contributed by atoms with Crippen LogP contribution in [0.25, 0.3) is 17.4 Å². The largest absolute Gasteiger partial charge is 0.465 e.